The van der Waals surface area contributed by atoms with E-state index in [-0.39, 0.29) is 5.91 Å². The van der Waals surface area contributed by atoms with Gasteiger partial charge in [-0.05, 0) is 36.6 Å². The van der Waals surface area contributed by atoms with Gasteiger partial charge in [0.15, 0.2) is 11.3 Å². The third-order valence-corrected chi connectivity index (χ3v) is 4.83. The third-order valence-electron chi connectivity index (χ3n) is 3.77. The van der Waals surface area contributed by atoms with E-state index >= 15 is 0 Å². The van der Waals surface area contributed by atoms with Crippen molar-refractivity contribution in [3.63, 3.8) is 0 Å². The van der Waals surface area contributed by atoms with E-state index in [9.17, 15) is 4.79 Å². The monoisotopic (exact) mass is 401 g/mol. The van der Waals surface area contributed by atoms with Gasteiger partial charge in [-0.15, -0.1) is 5.10 Å². The lowest BCUT2D eigenvalue weighted by Gasteiger charge is -2.33. The van der Waals surface area contributed by atoms with E-state index in [0.717, 1.165) is 20.6 Å². The molecule has 1 unspecified atom stereocenters. The smallest absolute Gasteiger partial charge is 0.276 e. The van der Waals surface area contributed by atoms with E-state index in [0.29, 0.717) is 10.9 Å². The number of amidine groups is 1. The van der Waals surface area contributed by atoms with Gasteiger partial charge in [-0.1, -0.05) is 27.7 Å². The van der Waals surface area contributed by atoms with Gasteiger partial charge in [0.1, 0.15) is 5.70 Å². The average molecular weight is 402 g/mol. The molecular formula is C16H12BrN5OS. The van der Waals surface area contributed by atoms with Crippen molar-refractivity contribution in [3.05, 3.63) is 63.3 Å². The van der Waals surface area contributed by atoms with Gasteiger partial charge >= 0.3 is 0 Å². The number of nitrogens with zero attached hydrogens (tertiary/aromatic N) is 4. The topological polar surface area (TPSA) is 70.0 Å². The van der Waals surface area contributed by atoms with Gasteiger partial charge in [-0.2, -0.15) is 0 Å². The molecular weight excluding hydrogens is 390 g/mol. The molecule has 2 aromatic rings. The summed E-state index contributed by atoms with van der Waals surface area (Å²) < 4.78 is 0.888. The first-order valence-electron chi connectivity index (χ1n) is 7.18. The number of thioether (sulfide) groups is 1. The van der Waals surface area contributed by atoms with Crippen molar-refractivity contribution in [2.24, 2.45) is 10.1 Å². The van der Waals surface area contributed by atoms with Gasteiger partial charge in [0, 0.05) is 27.6 Å². The van der Waals surface area contributed by atoms with Crippen molar-refractivity contribution in [2.45, 2.75) is 6.17 Å². The molecule has 120 valence electrons. The highest BCUT2D eigenvalue weighted by Crippen LogP contribution is 2.30. The molecule has 0 fully saturated rings. The number of hydrogen-bond donors (Lipinski definition) is 1. The predicted molar refractivity (Wildman–Crippen MR) is 96.2 cm³/mol. The zero-order chi connectivity index (χ0) is 16.7. The van der Waals surface area contributed by atoms with E-state index in [1.165, 1.54) is 11.8 Å². The van der Waals surface area contributed by atoms with Crippen LogP contribution in [0.4, 0.5) is 0 Å². The van der Waals surface area contributed by atoms with Crippen LogP contribution in [0.3, 0.4) is 0 Å². The molecule has 24 heavy (non-hydrogen) atoms. The number of hydrogen-bond acceptors (Lipinski definition) is 6. The van der Waals surface area contributed by atoms with Crippen molar-refractivity contribution >= 4 is 44.5 Å². The fourth-order valence-electron chi connectivity index (χ4n) is 2.70. The second-order valence-corrected chi connectivity index (χ2v) is 6.91. The number of hydrazone groups is 1. The summed E-state index contributed by atoms with van der Waals surface area (Å²) in [5, 5.41) is 11.2. The SMILES string of the molecule is CSC1=NN2C(=c3cc(Br)ccc3=NC2c2ccncc2)C(=O)N1. The fraction of sp³-hybridized carbons (Fsp3) is 0.125. The molecule has 0 radical (unpaired) electrons. The van der Waals surface area contributed by atoms with Gasteiger partial charge < -0.3 is 0 Å². The second-order valence-electron chi connectivity index (χ2n) is 5.20. The van der Waals surface area contributed by atoms with E-state index in [1.54, 1.807) is 17.4 Å². The highest BCUT2D eigenvalue weighted by atomic mass is 79.9. The Kier molecular flexibility index (Phi) is 3.85. The summed E-state index contributed by atoms with van der Waals surface area (Å²) in [7, 11) is 0. The van der Waals surface area contributed by atoms with Crippen LogP contribution in [0.5, 0.6) is 0 Å². The number of amides is 1. The van der Waals surface area contributed by atoms with Crippen LogP contribution in [0.1, 0.15) is 11.7 Å². The normalized spacial score (nSPS) is 19.0. The number of halogens is 1. The highest BCUT2D eigenvalue weighted by molar-refractivity contribution is 9.10. The molecule has 0 aliphatic carbocycles. The minimum Gasteiger partial charge on any atom is -0.298 e. The summed E-state index contributed by atoms with van der Waals surface area (Å²) in [6.45, 7) is 0. The van der Waals surface area contributed by atoms with Crippen LogP contribution in [-0.2, 0) is 4.79 Å². The first kappa shape index (κ1) is 15.3. The summed E-state index contributed by atoms with van der Waals surface area (Å²) in [6, 6.07) is 9.48. The number of benzene rings is 1. The molecule has 0 bridgehead atoms. The van der Waals surface area contributed by atoms with E-state index < -0.39 is 6.17 Å². The minimum absolute atomic E-state index is 0.178. The number of rotatable bonds is 1. The lowest BCUT2D eigenvalue weighted by molar-refractivity contribution is -0.116. The fourth-order valence-corrected chi connectivity index (χ4v) is 3.42. The number of pyridine rings is 1. The van der Waals surface area contributed by atoms with Crippen molar-refractivity contribution in [1.82, 2.24) is 15.3 Å². The summed E-state index contributed by atoms with van der Waals surface area (Å²) in [5.41, 5.74) is 1.43. The molecule has 2 aliphatic heterocycles. The summed E-state index contributed by atoms with van der Waals surface area (Å²) in [6.07, 6.45) is 4.90. The Morgan fingerprint density at radius 3 is 2.79 bits per heavy atom. The molecule has 1 N–H and O–H groups in total. The molecule has 0 saturated carbocycles. The minimum atomic E-state index is -0.398. The number of nitrogens with one attached hydrogen (secondary N) is 1. The Morgan fingerprint density at radius 1 is 1.25 bits per heavy atom. The van der Waals surface area contributed by atoms with Crippen LogP contribution >= 0.6 is 27.7 Å². The molecule has 2 aliphatic rings. The maximum Gasteiger partial charge on any atom is 0.276 e. The summed E-state index contributed by atoms with van der Waals surface area (Å²) in [4.78, 5) is 21.6. The standard InChI is InChI=1S/C16H12BrN5OS/c1-24-16-20-15(23)13-11-8-10(17)2-3-12(11)19-14(22(13)21-16)9-4-6-18-7-5-9/h2-8,14H,1H3,(H,20,21,23). The number of aromatic nitrogens is 1. The van der Waals surface area contributed by atoms with Gasteiger partial charge in [0.2, 0.25) is 0 Å². The number of fused-ring (bicyclic) bond motifs is 2. The molecule has 0 spiro atoms. The van der Waals surface area contributed by atoms with Crippen molar-refractivity contribution in [2.75, 3.05) is 6.26 Å². The van der Waals surface area contributed by atoms with Crippen molar-refractivity contribution in [1.29, 1.82) is 0 Å². The number of carbonyl (C=O) groups is 1. The Labute approximate surface area is 150 Å². The van der Waals surface area contributed by atoms with Gasteiger partial charge in [-0.25, -0.2) is 5.01 Å². The van der Waals surface area contributed by atoms with Crippen LogP contribution in [-0.4, -0.2) is 27.3 Å². The summed E-state index contributed by atoms with van der Waals surface area (Å²) in [5.74, 6) is -0.178. The van der Waals surface area contributed by atoms with Gasteiger partial charge in [-0.3, -0.25) is 20.1 Å². The van der Waals surface area contributed by atoms with Gasteiger partial charge in [0.05, 0.1) is 5.36 Å². The largest absolute Gasteiger partial charge is 0.298 e. The Hall–Kier alpha value is -2.19. The molecule has 1 aromatic heterocycles. The molecule has 8 heteroatoms. The Balaban J connectivity index is 2.02. The number of carbonyl (C=O) groups excluding carboxylic acids is 1. The van der Waals surface area contributed by atoms with Crippen molar-refractivity contribution in [3.8, 4) is 0 Å². The molecule has 1 amide bonds. The first-order chi connectivity index (χ1) is 11.7. The third kappa shape index (κ3) is 2.51. The van der Waals surface area contributed by atoms with Gasteiger partial charge in [0.25, 0.3) is 5.91 Å². The molecule has 1 aromatic carbocycles. The van der Waals surface area contributed by atoms with Crippen LogP contribution in [0, 0.1) is 0 Å². The molecule has 6 nitrogen and oxygen atoms in total. The van der Waals surface area contributed by atoms with Crippen LogP contribution in [0.2, 0.25) is 0 Å². The lowest BCUT2D eigenvalue weighted by Crippen LogP contribution is -2.50. The van der Waals surface area contributed by atoms with Crippen molar-refractivity contribution < 1.29 is 4.79 Å². The maximum absolute atomic E-state index is 12.7. The van der Waals surface area contributed by atoms with Crippen LogP contribution in [0.25, 0.3) is 5.70 Å². The zero-order valence-corrected chi connectivity index (χ0v) is 15.0. The average Bonchev–Trinajstić information content (AvgIpc) is 2.61. The molecule has 1 atom stereocenters. The quantitative estimate of drug-likeness (QED) is 0.782. The lowest BCUT2D eigenvalue weighted by atomic mass is 10.1. The first-order valence-corrected chi connectivity index (χ1v) is 9.20. The maximum atomic E-state index is 12.7. The summed E-state index contributed by atoms with van der Waals surface area (Å²) >= 11 is 4.85. The van der Waals surface area contributed by atoms with Crippen LogP contribution in [0.15, 0.2) is 57.3 Å². The molecule has 3 heterocycles. The zero-order valence-electron chi connectivity index (χ0n) is 12.6. The Morgan fingerprint density at radius 2 is 2.04 bits per heavy atom. The van der Waals surface area contributed by atoms with Crippen LogP contribution < -0.4 is 15.9 Å². The van der Waals surface area contributed by atoms with E-state index in [2.05, 4.69) is 31.3 Å². The van der Waals surface area contributed by atoms with E-state index in [4.69, 9.17) is 4.99 Å². The van der Waals surface area contributed by atoms with E-state index in [1.807, 2.05) is 36.6 Å². The predicted octanol–water partition coefficient (Wildman–Crippen LogP) is 1.35. The Bertz CT molecular complexity index is 976. The highest BCUT2D eigenvalue weighted by Gasteiger charge is 2.34. The molecule has 0 saturated heterocycles. The second kappa shape index (κ2) is 6.03. The molecule has 4 rings (SSSR count).